The highest BCUT2D eigenvalue weighted by Crippen LogP contribution is 2.27. The highest BCUT2D eigenvalue weighted by molar-refractivity contribution is 7.99. The van der Waals surface area contributed by atoms with Gasteiger partial charge in [0.15, 0.2) is 11.0 Å². The predicted octanol–water partition coefficient (Wildman–Crippen LogP) is 4.22. The van der Waals surface area contributed by atoms with E-state index in [-0.39, 0.29) is 11.7 Å². The van der Waals surface area contributed by atoms with E-state index in [9.17, 15) is 4.79 Å². The van der Waals surface area contributed by atoms with Crippen LogP contribution in [0.3, 0.4) is 0 Å². The number of halogens is 2. The van der Waals surface area contributed by atoms with Crippen LogP contribution in [0.5, 0.6) is 0 Å². The van der Waals surface area contributed by atoms with Gasteiger partial charge in [0.25, 0.3) is 0 Å². The Hall–Kier alpha value is -2.03. The van der Waals surface area contributed by atoms with E-state index in [4.69, 9.17) is 23.2 Å². The Labute approximate surface area is 171 Å². The Kier molecular flexibility index (Phi) is 6.41. The lowest BCUT2D eigenvalue weighted by atomic mass is 10.3. The summed E-state index contributed by atoms with van der Waals surface area (Å²) in [4.78, 5) is 12.3. The number of nitrogens with zero attached hydrogens (tertiary/aromatic N) is 5. The SMILES string of the molecule is CCn1cc(-c2nnc(SCC(=O)Nc3cc(Cl)ccc3Cl)n2CC)cn1. The lowest BCUT2D eigenvalue weighted by Crippen LogP contribution is -2.15. The first-order chi connectivity index (χ1) is 13.0. The molecule has 0 bridgehead atoms. The number of anilines is 1. The summed E-state index contributed by atoms with van der Waals surface area (Å²) in [5.41, 5.74) is 1.38. The molecule has 7 nitrogen and oxygen atoms in total. The lowest BCUT2D eigenvalue weighted by molar-refractivity contribution is -0.113. The molecule has 0 aliphatic carbocycles. The number of carbonyl (C=O) groups is 1. The van der Waals surface area contributed by atoms with Gasteiger partial charge in [0, 0.05) is 24.3 Å². The molecular weight excluding hydrogens is 407 g/mol. The molecule has 2 aromatic heterocycles. The third kappa shape index (κ3) is 4.63. The van der Waals surface area contributed by atoms with Crippen molar-refractivity contribution in [2.75, 3.05) is 11.1 Å². The van der Waals surface area contributed by atoms with Crippen LogP contribution >= 0.6 is 35.0 Å². The van der Waals surface area contributed by atoms with Gasteiger partial charge in [-0.1, -0.05) is 35.0 Å². The van der Waals surface area contributed by atoms with Crippen molar-refractivity contribution in [2.45, 2.75) is 32.1 Å². The minimum absolute atomic E-state index is 0.176. The normalized spacial score (nSPS) is 11.0. The molecule has 0 aliphatic heterocycles. The average Bonchev–Trinajstić information content (AvgIpc) is 3.28. The largest absolute Gasteiger partial charge is 0.324 e. The maximum absolute atomic E-state index is 12.3. The number of hydrogen-bond acceptors (Lipinski definition) is 5. The number of benzene rings is 1. The molecule has 1 aromatic carbocycles. The van der Waals surface area contributed by atoms with E-state index >= 15 is 0 Å². The average molecular weight is 425 g/mol. The summed E-state index contributed by atoms with van der Waals surface area (Å²) in [6.45, 7) is 5.50. The van der Waals surface area contributed by atoms with Gasteiger partial charge in [0.05, 0.1) is 28.2 Å². The Bertz CT molecular complexity index is 955. The van der Waals surface area contributed by atoms with Crippen molar-refractivity contribution >= 4 is 46.6 Å². The number of nitrogens with one attached hydrogen (secondary N) is 1. The molecule has 0 radical (unpaired) electrons. The van der Waals surface area contributed by atoms with Crippen molar-refractivity contribution in [2.24, 2.45) is 0 Å². The quantitative estimate of drug-likeness (QED) is 0.574. The molecule has 0 atom stereocenters. The van der Waals surface area contributed by atoms with Gasteiger partial charge in [-0.25, -0.2) is 0 Å². The first-order valence-corrected chi connectivity index (χ1v) is 10.1. The van der Waals surface area contributed by atoms with Crippen LogP contribution in [0.1, 0.15) is 13.8 Å². The highest BCUT2D eigenvalue weighted by Gasteiger charge is 2.16. The zero-order valence-electron chi connectivity index (χ0n) is 14.8. The van der Waals surface area contributed by atoms with Gasteiger partial charge >= 0.3 is 0 Å². The summed E-state index contributed by atoms with van der Waals surface area (Å²) in [7, 11) is 0. The summed E-state index contributed by atoms with van der Waals surface area (Å²) in [5, 5.41) is 17.1. The Morgan fingerprint density at radius 2 is 2.04 bits per heavy atom. The Morgan fingerprint density at radius 3 is 2.74 bits per heavy atom. The second-order valence-corrected chi connectivity index (χ2v) is 7.38. The number of carbonyl (C=O) groups excluding carboxylic acids is 1. The van der Waals surface area contributed by atoms with Crippen molar-refractivity contribution < 1.29 is 4.79 Å². The summed E-state index contributed by atoms with van der Waals surface area (Å²) in [6.07, 6.45) is 3.69. The number of aryl methyl sites for hydroxylation is 1. The van der Waals surface area contributed by atoms with Gasteiger partial charge in [0.1, 0.15) is 0 Å². The summed E-state index contributed by atoms with van der Waals surface area (Å²) < 4.78 is 3.79. The van der Waals surface area contributed by atoms with Gasteiger partial charge < -0.3 is 9.88 Å². The molecule has 0 unspecified atom stereocenters. The summed E-state index contributed by atoms with van der Waals surface area (Å²) >= 11 is 13.3. The predicted molar refractivity (Wildman–Crippen MR) is 108 cm³/mol. The molecule has 142 valence electrons. The van der Waals surface area contributed by atoms with E-state index in [1.165, 1.54) is 11.8 Å². The molecule has 27 heavy (non-hydrogen) atoms. The summed E-state index contributed by atoms with van der Waals surface area (Å²) in [5.74, 6) is 0.711. The van der Waals surface area contributed by atoms with E-state index in [2.05, 4.69) is 20.6 Å². The Balaban J connectivity index is 1.69. The van der Waals surface area contributed by atoms with Crippen molar-refractivity contribution in [3.8, 4) is 11.4 Å². The molecular formula is C17H18Cl2N6OS. The van der Waals surface area contributed by atoms with Gasteiger partial charge in [-0.2, -0.15) is 5.10 Å². The molecule has 0 spiro atoms. The fourth-order valence-corrected chi connectivity index (χ4v) is 3.59. The number of aromatic nitrogens is 5. The van der Waals surface area contributed by atoms with E-state index < -0.39 is 0 Å². The van der Waals surface area contributed by atoms with Crippen LogP contribution in [0.4, 0.5) is 5.69 Å². The number of hydrogen-bond donors (Lipinski definition) is 1. The minimum Gasteiger partial charge on any atom is -0.324 e. The zero-order valence-corrected chi connectivity index (χ0v) is 17.1. The van der Waals surface area contributed by atoms with Gasteiger partial charge in [0.2, 0.25) is 5.91 Å². The van der Waals surface area contributed by atoms with Crippen molar-refractivity contribution in [1.82, 2.24) is 24.5 Å². The van der Waals surface area contributed by atoms with Crippen LogP contribution < -0.4 is 5.32 Å². The molecule has 3 rings (SSSR count). The van der Waals surface area contributed by atoms with Gasteiger partial charge in [-0.3, -0.25) is 9.48 Å². The van der Waals surface area contributed by atoms with Crippen LogP contribution in [0.2, 0.25) is 10.0 Å². The zero-order chi connectivity index (χ0) is 19.4. The minimum atomic E-state index is -0.199. The first-order valence-electron chi connectivity index (χ1n) is 8.35. The van der Waals surface area contributed by atoms with E-state index in [1.54, 1.807) is 24.4 Å². The molecule has 1 N–H and O–H groups in total. The highest BCUT2D eigenvalue weighted by atomic mass is 35.5. The molecule has 0 fully saturated rings. The van der Waals surface area contributed by atoms with Crippen LogP contribution in [0, 0.1) is 0 Å². The Morgan fingerprint density at radius 1 is 1.22 bits per heavy atom. The molecule has 2 heterocycles. The maximum atomic E-state index is 12.3. The fourth-order valence-electron chi connectivity index (χ4n) is 2.46. The molecule has 3 aromatic rings. The van der Waals surface area contributed by atoms with Crippen LogP contribution in [0.25, 0.3) is 11.4 Å². The van der Waals surface area contributed by atoms with E-state index in [0.29, 0.717) is 27.4 Å². The molecule has 10 heteroatoms. The number of amides is 1. The molecule has 0 aliphatic rings. The van der Waals surface area contributed by atoms with Crippen molar-refractivity contribution in [3.63, 3.8) is 0 Å². The molecule has 1 amide bonds. The molecule has 0 saturated carbocycles. The van der Waals surface area contributed by atoms with E-state index in [0.717, 1.165) is 17.9 Å². The van der Waals surface area contributed by atoms with Crippen molar-refractivity contribution in [3.05, 3.63) is 40.6 Å². The fraction of sp³-hybridized carbons (Fsp3) is 0.294. The monoisotopic (exact) mass is 424 g/mol. The van der Waals surface area contributed by atoms with E-state index in [1.807, 2.05) is 29.3 Å². The van der Waals surface area contributed by atoms with Crippen molar-refractivity contribution in [1.29, 1.82) is 0 Å². The third-order valence-electron chi connectivity index (χ3n) is 3.78. The maximum Gasteiger partial charge on any atom is 0.234 e. The smallest absolute Gasteiger partial charge is 0.234 e. The van der Waals surface area contributed by atoms with Gasteiger partial charge in [-0.15, -0.1) is 10.2 Å². The molecule has 0 saturated heterocycles. The topological polar surface area (TPSA) is 77.6 Å². The second-order valence-electron chi connectivity index (χ2n) is 5.60. The number of rotatable bonds is 7. The first kappa shape index (κ1) is 19.7. The van der Waals surface area contributed by atoms with Crippen LogP contribution in [-0.2, 0) is 17.9 Å². The summed E-state index contributed by atoms with van der Waals surface area (Å²) in [6, 6.07) is 4.92. The number of thioether (sulfide) groups is 1. The lowest BCUT2D eigenvalue weighted by Gasteiger charge is -2.08. The van der Waals surface area contributed by atoms with Crippen LogP contribution in [-0.4, -0.2) is 36.2 Å². The second kappa shape index (κ2) is 8.77. The third-order valence-corrected chi connectivity index (χ3v) is 5.31. The van der Waals surface area contributed by atoms with Crippen LogP contribution in [0.15, 0.2) is 35.7 Å². The van der Waals surface area contributed by atoms with Gasteiger partial charge in [-0.05, 0) is 32.0 Å². The standard InChI is InChI=1S/C17H18Cl2N6OS/c1-3-24-9-11(8-20-24)16-22-23-17(25(16)4-2)27-10-15(26)21-14-7-12(18)5-6-13(14)19/h5-9H,3-4,10H2,1-2H3,(H,21,26).